The summed E-state index contributed by atoms with van der Waals surface area (Å²) in [5, 5.41) is 0. The number of carbonyl (C=O) groups is 1. The van der Waals surface area contributed by atoms with Crippen LogP contribution in [0.5, 0.6) is 0 Å². The minimum Gasteiger partial charge on any atom is -0.287 e. The zero-order valence-corrected chi connectivity index (χ0v) is 8.88. The molecule has 0 radical (unpaired) electrons. The molecule has 16 heavy (non-hydrogen) atoms. The molecule has 82 valence electrons. The Morgan fingerprint density at radius 3 is 2.69 bits per heavy atom. The van der Waals surface area contributed by atoms with Crippen molar-refractivity contribution >= 4 is 17.1 Å². The van der Waals surface area contributed by atoms with E-state index in [2.05, 4.69) is 4.98 Å². The van der Waals surface area contributed by atoms with Gasteiger partial charge in [0.25, 0.3) is 0 Å². The van der Waals surface area contributed by atoms with Gasteiger partial charge in [-0.25, -0.2) is 8.78 Å². The molecule has 0 spiro atoms. The lowest BCUT2D eigenvalue weighted by atomic mass is 10.3. The number of ketones is 1. The molecule has 2 nitrogen and oxygen atoms in total. The van der Waals surface area contributed by atoms with Gasteiger partial charge in [-0.05, 0) is 24.3 Å². The van der Waals surface area contributed by atoms with E-state index in [0.717, 1.165) is 11.3 Å². The highest BCUT2D eigenvalue weighted by atomic mass is 32.1. The smallest absolute Gasteiger partial charge is 0.287 e. The molecule has 0 amide bonds. The zero-order valence-electron chi connectivity index (χ0n) is 8.06. The molecule has 0 aliphatic rings. The van der Waals surface area contributed by atoms with Crippen LogP contribution in [0.25, 0.3) is 10.6 Å². The minimum atomic E-state index is -2.95. The van der Waals surface area contributed by atoms with E-state index in [1.54, 1.807) is 30.5 Å². The van der Waals surface area contributed by atoms with Crippen LogP contribution >= 0.6 is 11.3 Å². The van der Waals surface area contributed by atoms with E-state index in [1.165, 1.54) is 6.07 Å². The first-order valence-electron chi connectivity index (χ1n) is 4.52. The Morgan fingerprint density at radius 2 is 2.06 bits per heavy atom. The number of carbonyl (C=O) groups excluding carboxylic acids is 1. The van der Waals surface area contributed by atoms with E-state index in [1.807, 2.05) is 0 Å². The Labute approximate surface area is 94.6 Å². The third-order valence-electron chi connectivity index (χ3n) is 1.96. The summed E-state index contributed by atoms with van der Waals surface area (Å²) in [5.74, 6) is -1.13. The van der Waals surface area contributed by atoms with Gasteiger partial charge in [-0.3, -0.25) is 9.78 Å². The summed E-state index contributed by atoms with van der Waals surface area (Å²) in [6, 6.07) is 8.37. The van der Waals surface area contributed by atoms with Crippen molar-refractivity contribution in [3.05, 3.63) is 41.4 Å². The molecular formula is C11H7F2NOS. The predicted octanol–water partition coefficient (Wildman–Crippen LogP) is 3.26. The van der Waals surface area contributed by atoms with E-state index in [9.17, 15) is 13.6 Å². The SMILES string of the molecule is O=C(c1ccc(-c2ccccn2)s1)C(F)F. The van der Waals surface area contributed by atoms with E-state index < -0.39 is 12.2 Å². The number of Topliss-reactive ketones (excluding diaryl/α,β-unsaturated/α-hetero) is 1. The average Bonchev–Trinajstić information content (AvgIpc) is 2.78. The van der Waals surface area contributed by atoms with Crippen molar-refractivity contribution in [1.29, 1.82) is 0 Å². The standard InChI is InChI=1S/C11H7F2NOS/c12-11(13)10(15)9-5-4-8(16-9)7-3-1-2-6-14-7/h1-6,11H. The number of pyridine rings is 1. The number of rotatable bonds is 3. The highest BCUT2D eigenvalue weighted by Crippen LogP contribution is 2.27. The van der Waals surface area contributed by atoms with Crippen molar-refractivity contribution < 1.29 is 13.6 Å². The van der Waals surface area contributed by atoms with Crippen molar-refractivity contribution in [1.82, 2.24) is 4.98 Å². The van der Waals surface area contributed by atoms with Crippen LogP contribution < -0.4 is 0 Å². The molecule has 2 aromatic rings. The monoisotopic (exact) mass is 239 g/mol. The largest absolute Gasteiger partial charge is 0.301 e. The Bertz CT molecular complexity index is 496. The van der Waals surface area contributed by atoms with Gasteiger partial charge in [0.1, 0.15) is 0 Å². The highest BCUT2D eigenvalue weighted by Gasteiger charge is 2.19. The van der Waals surface area contributed by atoms with Crippen LogP contribution in [-0.2, 0) is 0 Å². The van der Waals surface area contributed by atoms with Gasteiger partial charge < -0.3 is 0 Å². The minimum absolute atomic E-state index is 0.0654. The van der Waals surface area contributed by atoms with Crippen LogP contribution in [0.4, 0.5) is 8.78 Å². The molecule has 0 atom stereocenters. The first kappa shape index (κ1) is 10.9. The van der Waals surface area contributed by atoms with Crippen molar-refractivity contribution in [3.63, 3.8) is 0 Å². The van der Waals surface area contributed by atoms with E-state index in [0.29, 0.717) is 10.6 Å². The third-order valence-corrected chi connectivity index (χ3v) is 3.09. The van der Waals surface area contributed by atoms with Crippen LogP contribution in [0.15, 0.2) is 36.5 Å². The first-order chi connectivity index (χ1) is 7.68. The number of nitrogens with zero attached hydrogens (tertiary/aromatic N) is 1. The van der Waals surface area contributed by atoms with Gasteiger partial charge >= 0.3 is 6.43 Å². The van der Waals surface area contributed by atoms with Crippen molar-refractivity contribution in [2.24, 2.45) is 0 Å². The summed E-state index contributed by atoms with van der Waals surface area (Å²) < 4.78 is 24.3. The number of hydrogen-bond acceptors (Lipinski definition) is 3. The molecule has 2 rings (SSSR count). The summed E-state index contributed by atoms with van der Waals surface area (Å²) in [4.78, 5) is 15.9. The van der Waals surface area contributed by atoms with Crippen LogP contribution in [-0.4, -0.2) is 17.2 Å². The summed E-state index contributed by atoms with van der Waals surface area (Å²) in [6.07, 6.45) is -1.33. The number of alkyl halides is 2. The molecule has 0 aliphatic carbocycles. The molecule has 0 N–H and O–H groups in total. The zero-order chi connectivity index (χ0) is 11.5. The van der Waals surface area contributed by atoms with Crippen LogP contribution in [0.1, 0.15) is 9.67 Å². The second-order valence-corrected chi connectivity index (χ2v) is 4.13. The van der Waals surface area contributed by atoms with Crippen molar-refractivity contribution in [3.8, 4) is 10.6 Å². The van der Waals surface area contributed by atoms with Crippen LogP contribution in [0, 0.1) is 0 Å². The summed E-state index contributed by atoms with van der Waals surface area (Å²) >= 11 is 1.03. The molecule has 0 bridgehead atoms. The fourth-order valence-electron chi connectivity index (χ4n) is 1.22. The molecule has 0 unspecified atom stereocenters. The molecule has 2 heterocycles. The maximum absolute atomic E-state index is 12.2. The van der Waals surface area contributed by atoms with Gasteiger partial charge in [-0.2, -0.15) is 0 Å². The molecule has 0 fully saturated rings. The maximum atomic E-state index is 12.2. The lowest BCUT2D eigenvalue weighted by Gasteiger charge is -1.95. The van der Waals surface area contributed by atoms with Gasteiger partial charge in [0.2, 0.25) is 5.78 Å². The fourth-order valence-corrected chi connectivity index (χ4v) is 2.15. The second-order valence-electron chi connectivity index (χ2n) is 3.04. The summed E-state index contributed by atoms with van der Waals surface area (Å²) in [6.45, 7) is 0. The molecule has 0 aliphatic heterocycles. The second kappa shape index (κ2) is 4.49. The fraction of sp³-hybridized carbons (Fsp3) is 0.0909. The van der Waals surface area contributed by atoms with Gasteiger partial charge in [-0.1, -0.05) is 6.07 Å². The van der Waals surface area contributed by atoms with Gasteiger partial charge in [0, 0.05) is 6.20 Å². The van der Waals surface area contributed by atoms with Gasteiger partial charge in [0.05, 0.1) is 15.4 Å². The van der Waals surface area contributed by atoms with E-state index in [4.69, 9.17) is 0 Å². The van der Waals surface area contributed by atoms with Crippen molar-refractivity contribution in [2.75, 3.05) is 0 Å². The lowest BCUT2D eigenvalue weighted by Crippen LogP contribution is -2.07. The first-order valence-corrected chi connectivity index (χ1v) is 5.34. The Balaban J connectivity index is 2.30. The lowest BCUT2D eigenvalue weighted by molar-refractivity contribution is 0.0683. The molecule has 0 saturated carbocycles. The number of halogens is 2. The molecule has 2 aromatic heterocycles. The highest BCUT2D eigenvalue weighted by molar-refractivity contribution is 7.17. The van der Waals surface area contributed by atoms with E-state index >= 15 is 0 Å². The Kier molecular flexibility index (Phi) is 3.05. The maximum Gasteiger partial charge on any atom is 0.301 e. The average molecular weight is 239 g/mol. The molecule has 5 heteroatoms. The Morgan fingerprint density at radius 1 is 1.25 bits per heavy atom. The van der Waals surface area contributed by atoms with Crippen LogP contribution in [0.3, 0.4) is 0 Å². The predicted molar refractivity (Wildman–Crippen MR) is 57.9 cm³/mol. The van der Waals surface area contributed by atoms with Gasteiger partial charge in [0.15, 0.2) is 0 Å². The number of aromatic nitrogens is 1. The molecule has 0 aromatic carbocycles. The van der Waals surface area contributed by atoms with Gasteiger partial charge in [-0.15, -0.1) is 11.3 Å². The summed E-state index contributed by atoms with van der Waals surface area (Å²) in [5.41, 5.74) is 0.681. The third kappa shape index (κ3) is 2.14. The molecular weight excluding hydrogens is 232 g/mol. The normalized spacial score (nSPS) is 10.7. The Hall–Kier alpha value is -1.62. The summed E-state index contributed by atoms with van der Waals surface area (Å²) in [7, 11) is 0. The van der Waals surface area contributed by atoms with Crippen LogP contribution in [0.2, 0.25) is 0 Å². The topological polar surface area (TPSA) is 30.0 Å². The van der Waals surface area contributed by atoms with Crippen molar-refractivity contribution in [2.45, 2.75) is 6.43 Å². The molecule has 0 saturated heterocycles. The van der Waals surface area contributed by atoms with E-state index in [-0.39, 0.29) is 4.88 Å². The number of thiophene rings is 1. The number of hydrogen-bond donors (Lipinski definition) is 0. The quantitative estimate of drug-likeness (QED) is 0.769.